The van der Waals surface area contributed by atoms with E-state index in [0.717, 1.165) is 23.4 Å². The normalized spacial score (nSPS) is 14.0. The molecule has 0 unspecified atom stereocenters. The molecule has 0 saturated carbocycles. The van der Waals surface area contributed by atoms with Crippen LogP contribution in [0, 0.1) is 17.1 Å². The van der Waals surface area contributed by atoms with Gasteiger partial charge in [-0.05, 0) is 49.8 Å². The summed E-state index contributed by atoms with van der Waals surface area (Å²) in [6, 6.07) is 9.95. The van der Waals surface area contributed by atoms with Gasteiger partial charge in [-0.15, -0.1) is 0 Å². The molecule has 0 bridgehead atoms. The first kappa shape index (κ1) is 14.0. The second-order valence-corrected chi connectivity index (χ2v) is 5.16. The van der Waals surface area contributed by atoms with Crippen molar-refractivity contribution < 1.29 is 4.39 Å². The summed E-state index contributed by atoms with van der Waals surface area (Å²) in [5.74, 6) is -0.289. The highest BCUT2D eigenvalue weighted by atomic mass is 19.1. The zero-order valence-corrected chi connectivity index (χ0v) is 12.1. The summed E-state index contributed by atoms with van der Waals surface area (Å²) in [5.41, 5.74) is 4.04. The van der Waals surface area contributed by atoms with Gasteiger partial charge in [-0.1, -0.05) is 17.7 Å². The van der Waals surface area contributed by atoms with Gasteiger partial charge < -0.3 is 0 Å². The smallest absolute Gasteiger partial charge is 0.163 e. The van der Waals surface area contributed by atoms with E-state index < -0.39 is 0 Å². The number of nitrogens with zero attached hydrogens (tertiary/aromatic N) is 3. The summed E-state index contributed by atoms with van der Waals surface area (Å²) in [6.45, 7) is 2.06. The van der Waals surface area contributed by atoms with Crippen LogP contribution in [0.4, 0.5) is 4.39 Å². The molecule has 2 aromatic rings. The first-order valence-corrected chi connectivity index (χ1v) is 6.98. The van der Waals surface area contributed by atoms with Crippen LogP contribution in [0.3, 0.4) is 0 Å². The summed E-state index contributed by atoms with van der Waals surface area (Å²) in [4.78, 5) is 0. The SMILES string of the molecule is CC1=CC=C(n2nc(C#N)cc2-c2ccc(F)cc2)C=CC1. The molecule has 22 heavy (non-hydrogen) atoms. The van der Waals surface area contributed by atoms with Crippen LogP contribution in [0.25, 0.3) is 17.0 Å². The van der Waals surface area contributed by atoms with Crippen molar-refractivity contribution in [1.82, 2.24) is 9.78 Å². The van der Waals surface area contributed by atoms with Crippen molar-refractivity contribution in [1.29, 1.82) is 5.26 Å². The van der Waals surface area contributed by atoms with Crippen molar-refractivity contribution in [2.24, 2.45) is 0 Å². The maximum atomic E-state index is 13.1. The zero-order chi connectivity index (χ0) is 15.5. The molecule has 0 amide bonds. The molecule has 3 nitrogen and oxygen atoms in total. The molecule has 0 saturated heterocycles. The molecule has 0 N–H and O–H groups in total. The first-order valence-electron chi connectivity index (χ1n) is 6.98. The van der Waals surface area contributed by atoms with Crippen molar-refractivity contribution in [2.45, 2.75) is 13.3 Å². The molecule has 108 valence electrons. The van der Waals surface area contributed by atoms with Gasteiger partial charge in [-0.3, -0.25) is 0 Å². The summed E-state index contributed by atoms with van der Waals surface area (Å²) in [6.07, 6.45) is 8.94. The van der Waals surface area contributed by atoms with E-state index in [9.17, 15) is 4.39 Å². The van der Waals surface area contributed by atoms with Gasteiger partial charge in [0.2, 0.25) is 0 Å². The van der Waals surface area contributed by atoms with Crippen LogP contribution >= 0.6 is 0 Å². The Morgan fingerprint density at radius 2 is 2.00 bits per heavy atom. The van der Waals surface area contributed by atoms with E-state index in [2.05, 4.69) is 24.2 Å². The van der Waals surface area contributed by atoms with E-state index in [1.165, 1.54) is 17.7 Å². The van der Waals surface area contributed by atoms with E-state index >= 15 is 0 Å². The Morgan fingerprint density at radius 3 is 2.73 bits per heavy atom. The molecule has 0 fully saturated rings. The van der Waals surface area contributed by atoms with Gasteiger partial charge in [0.1, 0.15) is 11.9 Å². The Labute approximate surface area is 128 Å². The van der Waals surface area contributed by atoms with Crippen molar-refractivity contribution in [3.8, 4) is 17.3 Å². The summed E-state index contributed by atoms with van der Waals surface area (Å²) < 4.78 is 14.8. The molecule has 1 heterocycles. The Balaban J connectivity index is 2.14. The molecule has 3 rings (SSSR count). The van der Waals surface area contributed by atoms with Crippen LogP contribution in [0.2, 0.25) is 0 Å². The Hall–Kier alpha value is -2.93. The lowest BCUT2D eigenvalue weighted by Crippen LogP contribution is -2.00. The predicted octanol–water partition coefficient (Wildman–Crippen LogP) is 4.31. The minimum Gasteiger partial charge on any atom is -0.232 e. The summed E-state index contributed by atoms with van der Waals surface area (Å²) in [5, 5.41) is 13.5. The van der Waals surface area contributed by atoms with E-state index in [1.54, 1.807) is 22.9 Å². The second-order valence-electron chi connectivity index (χ2n) is 5.16. The number of rotatable bonds is 2. The molecule has 0 radical (unpaired) electrons. The molecular weight excluding hydrogens is 277 g/mol. The van der Waals surface area contributed by atoms with Crippen molar-refractivity contribution in [2.75, 3.05) is 0 Å². The van der Waals surface area contributed by atoms with Gasteiger partial charge >= 0.3 is 0 Å². The van der Waals surface area contributed by atoms with E-state index in [4.69, 9.17) is 5.26 Å². The zero-order valence-electron chi connectivity index (χ0n) is 12.1. The number of halogens is 1. The number of hydrogen-bond donors (Lipinski definition) is 0. The second kappa shape index (κ2) is 5.82. The Morgan fingerprint density at radius 1 is 1.23 bits per heavy atom. The molecule has 0 atom stereocenters. The highest BCUT2D eigenvalue weighted by molar-refractivity contribution is 5.70. The van der Waals surface area contributed by atoms with Crippen LogP contribution in [0.1, 0.15) is 19.0 Å². The number of allylic oxidation sites excluding steroid dienone is 6. The highest BCUT2D eigenvalue weighted by Crippen LogP contribution is 2.25. The van der Waals surface area contributed by atoms with Gasteiger partial charge in [0.05, 0.1) is 11.4 Å². The van der Waals surface area contributed by atoms with E-state index in [1.807, 2.05) is 18.2 Å². The average Bonchev–Trinajstić information content (AvgIpc) is 2.84. The van der Waals surface area contributed by atoms with Gasteiger partial charge in [-0.25, -0.2) is 9.07 Å². The molecule has 1 aromatic heterocycles. The quantitative estimate of drug-likeness (QED) is 0.827. The van der Waals surface area contributed by atoms with Crippen LogP contribution in [0.15, 0.2) is 60.2 Å². The van der Waals surface area contributed by atoms with Crippen LogP contribution in [0.5, 0.6) is 0 Å². The number of nitriles is 1. The largest absolute Gasteiger partial charge is 0.232 e. The fourth-order valence-corrected chi connectivity index (χ4v) is 2.32. The molecular formula is C18H14FN3. The predicted molar refractivity (Wildman–Crippen MR) is 84.1 cm³/mol. The maximum Gasteiger partial charge on any atom is 0.163 e. The van der Waals surface area contributed by atoms with Crippen molar-refractivity contribution >= 4 is 5.70 Å². The maximum absolute atomic E-state index is 13.1. The monoisotopic (exact) mass is 291 g/mol. The molecule has 0 aliphatic heterocycles. The van der Waals surface area contributed by atoms with E-state index in [0.29, 0.717) is 5.69 Å². The third-order valence-corrected chi connectivity index (χ3v) is 3.48. The van der Waals surface area contributed by atoms with Crippen molar-refractivity contribution in [3.05, 3.63) is 71.7 Å². The fraction of sp³-hybridized carbons (Fsp3) is 0.111. The van der Waals surface area contributed by atoms with Gasteiger partial charge in [-0.2, -0.15) is 10.4 Å². The lowest BCUT2D eigenvalue weighted by molar-refractivity contribution is 0.628. The third-order valence-electron chi connectivity index (χ3n) is 3.48. The number of benzene rings is 1. The topological polar surface area (TPSA) is 41.6 Å². The van der Waals surface area contributed by atoms with Crippen LogP contribution < -0.4 is 0 Å². The van der Waals surface area contributed by atoms with Crippen LogP contribution in [-0.4, -0.2) is 9.78 Å². The van der Waals surface area contributed by atoms with Crippen molar-refractivity contribution in [3.63, 3.8) is 0 Å². The lowest BCUT2D eigenvalue weighted by Gasteiger charge is -2.07. The molecule has 4 heteroatoms. The molecule has 1 aromatic carbocycles. The van der Waals surface area contributed by atoms with Gasteiger partial charge in [0.25, 0.3) is 0 Å². The summed E-state index contributed by atoms with van der Waals surface area (Å²) >= 11 is 0. The number of hydrogen-bond acceptors (Lipinski definition) is 2. The molecule has 1 aliphatic carbocycles. The molecule has 0 spiro atoms. The standard InChI is InChI=1S/C18H14FN3/c1-13-3-2-4-17(10-5-13)22-18(11-16(12-20)21-22)14-6-8-15(19)9-7-14/h2,4-11H,3H2,1H3. The fourth-order valence-electron chi connectivity index (χ4n) is 2.32. The molecule has 1 aliphatic rings. The number of aromatic nitrogens is 2. The summed E-state index contributed by atoms with van der Waals surface area (Å²) in [7, 11) is 0. The minimum atomic E-state index is -0.289. The highest BCUT2D eigenvalue weighted by Gasteiger charge is 2.12. The van der Waals surface area contributed by atoms with E-state index in [-0.39, 0.29) is 5.82 Å². The average molecular weight is 291 g/mol. The van der Waals surface area contributed by atoms with Gasteiger partial charge in [0.15, 0.2) is 5.69 Å². The first-order chi connectivity index (χ1) is 10.7. The Bertz CT molecular complexity index is 830. The minimum absolute atomic E-state index is 0.289. The Kier molecular flexibility index (Phi) is 3.71. The van der Waals surface area contributed by atoms with Gasteiger partial charge in [0, 0.05) is 11.6 Å². The van der Waals surface area contributed by atoms with Crippen LogP contribution in [-0.2, 0) is 0 Å². The third kappa shape index (κ3) is 2.75. The lowest BCUT2D eigenvalue weighted by atomic mass is 10.1.